The number of aromatic nitrogens is 2. The first-order valence-electron chi connectivity index (χ1n) is 11.0. The standard InChI is InChI=1S/C25H26N4O2/c30-25-20-8-2-4-10-22(20)27-24(31-25)11-5-6-14-28-15-17-29(18-16-28)23-13-12-19-7-1-3-9-21(19)26-23/h1-4,7-10,12-13H,5-6,11,14-18H2. The van der Waals surface area contributed by atoms with Gasteiger partial charge in [0.2, 0.25) is 0 Å². The molecule has 0 N–H and O–H groups in total. The van der Waals surface area contributed by atoms with Gasteiger partial charge in [0.1, 0.15) is 5.82 Å². The van der Waals surface area contributed by atoms with Crippen molar-refractivity contribution in [3.63, 3.8) is 0 Å². The van der Waals surface area contributed by atoms with Crippen LogP contribution in [0.25, 0.3) is 21.8 Å². The number of pyridine rings is 1. The van der Waals surface area contributed by atoms with Crippen molar-refractivity contribution in [1.29, 1.82) is 0 Å². The molecule has 1 aliphatic heterocycles. The van der Waals surface area contributed by atoms with Gasteiger partial charge >= 0.3 is 5.63 Å². The van der Waals surface area contributed by atoms with E-state index in [0.29, 0.717) is 23.2 Å². The van der Waals surface area contributed by atoms with Gasteiger partial charge < -0.3 is 9.32 Å². The Bertz CT molecular complexity index is 1240. The smallest absolute Gasteiger partial charge is 0.346 e. The summed E-state index contributed by atoms with van der Waals surface area (Å²) < 4.78 is 5.38. The van der Waals surface area contributed by atoms with E-state index in [2.05, 4.69) is 39.0 Å². The van der Waals surface area contributed by atoms with Crippen LogP contribution in [0.1, 0.15) is 18.7 Å². The van der Waals surface area contributed by atoms with E-state index in [9.17, 15) is 4.79 Å². The fourth-order valence-corrected chi connectivity index (χ4v) is 4.21. The number of hydrogen-bond donors (Lipinski definition) is 0. The Kier molecular flexibility index (Phi) is 5.63. The van der Waals surface area contributed by atoms with E-state index < -0.39 is 0 Å². The summed E-state index contributed by atoms with van der Waals surface area (Å²) in [6.07, 6.45) is 2.72. The van der Waals surface area contributed by atoms with E-state index in [4.69, 9.17) is 9.40 Å². The molecule has 0 bridgehead atoms. The summed E-state index contributed by atoms with van der Waals surface area (Å²) in [5.74, 6) is 1.60. The van der Waals surface area contributed by atoms with Gasteiger partial charge in [0.15, 0.2) is 5.89 Å². The van der Waals surface area contributed by atoms with Gasteiger partial charge in [0.05, 0.1) is 16.4 Å². The van der Waals surface area contributed by atoms with Crippen LogP contribution >= 0.6 is 0 Å². The second-order valence-corrected chi connectivity index (χ2v) is 8.06. The molecule has 4 aromatic rings. The molecule has 0 unspecified atom stereocenters. The molecule has 0 saturated carbocycles. The zero-order valence-electron chi connectivity index (χ0n) is 17.5. The van der Waals surface area contributed by atoms with Gasteiger partial charge in [0.25, 0.3) is 0 Å². The number of hydrogen-bond acceptors (Lipinski definition) is 6. The molecule has 0 spiro atoms. The zero-order valence-corrected chi connectivity index (χ0v) is 17.5. The first-order valence-corrected chi connectivity index (χ1v) is 11.0. The molecule has 0 atom stereocenters. The van der Waals surface area contributed by atoms with Crippen molar-refractivity contribution in [3.05, 3.63) is 77.0 Å². The van der Waals surface area contributed by atoms with Crippen LogP contribution in [0.4, 0.5) is 5.82 Å². The normalized spacial score (nSPS) is 15.0. The van der Waals surface area contributed by atoms with E-state index in [-0.39, 0.29) is 5.63 Å². The van der Waals surface area contributed by atoms with Crippen LogP contribution in [-0.2, 0) is 6.42 Å². The average Bonchev–Trinajstić information content (AvgIpc) is 2.82. The Morgan fingerprint density at radius 2 is 1.58 bits per heavy atom. The van der Waals surface area contributed by atoms with E-state index in [0.717, 1.165) is 56.9 Å². The molecule has 2 aromatic carbocycles. The number of fused-ring (bicyclic) bond motifs is 2. The molecule has 158 valence electrons. The van der Waals surface area contributed by atoms with Crippen LogP contribution in [0, 0.1) is 0 Å². The fourth-order valence-electron chi connectivity index (χ4n) is 4.21. The molecule has 6 nitrogen and oxygen atoms in total. The molecule has 31 heavy (non-hydrogen) atoms. The molecule has 0 amide bonds. The monoisotopic (exact) mass is 414 g/mol. The van der Waals surface area contributed by atoms with E-state index in [1.165, 1.54) is 5.39 Å². The van der Waals surface area contributed by atoms with Crippen molar-refractivity contribution in [2.45, 2.75) is 19.3 Å². The van der Waals surface area contributed by atoms with Gasteiger partial charge in [-0.1, -0.05) is 30.3 Å². The van der Waals surface area contributed by atoms with Crippen LogP contribution < -0.4 is 10.5 Å². The Hall–Kier alpha value is -3.25. The maximum Gasteiger partial charge on any atom is 0.346 e. The van der Waals surface area contributed by atoms with Crippen LogP contribution in [0.2, 0.25) is 0 Å². The molecule has 1 fully saturated rings. The molecule has 3 heterocycles. The maximum absolute atomic E-state index is 12.1. The number of benzene rings is 2. The highest BCUT2D eigenvalue weighted by atomic mass is 16.4. The minimum absolute atomic E-state index is 0.293. The van der Waals surface area contributed by atoms with E-state index in [1.807, 2.05) is 30.3 Å². The summed E-state index contributed by atoms with van der Waals surface area (Å²) >= 11 is 0. The molecule has 1 aliphatic rings. The summed E-state index contributed by atoms with van der Waals surface area (Å²) in [6, 6.07) is 19.9. The predicted molar refractivity (Wildman–Crippen MR) is 124 cm³/mol. The minimum atomic E-state index is -0.293. The lowest BCUT2D eigenvalue weighted by atomic mass is 10.2. The number of nitrogens with zero attached hydrogens (tertiary/aromatic N) is 4. The highest BCUT2D eigenvalue weighted by Crippen LogP contribution is 2.19. The molecule has 2 aromatic heterocycles. The maximum atomic E-state index is 12.1. The van der Waals surface area contributed by atoms with Crippen LogP contribution in [0.3, 0.4) is 0 Å². The largest absolute Gasteiger partial charge is 0.408 e. The van der Waals surface area contributed by atoms with Gasteiger partial charge in [-0.25, -0.2) is 14.8 Å². The lowest BCUT2D eigenvalue weighted by Crippen LogP contribution is -2.46. The molecular weight excluding hydrogens is 388 g/mol. The van der Waals surface area contributed by atoms with Crippen LogP contribution in [-0.4, -0.2) is 47.6 Å². The van der Waals surface area contributed by atoms with Crippen LogP contribution in [0.15, 0.2) is 69.9 Å². The van der Waals surface area contributed by atoms with Crippen LogP contribution in [0.5, 0.6) is 0 Å². The molecule has 0 radical (unpaired) electrons. The SMILES string of the molecule is O=c1oc(CCCCN2CCN(c3ccc4ccccc4n3)CC2)nc2ccccc12. The molecule has 6 heteroatoms. The van der Waals surface area contributed by atoms with Crippen molar-refractivity contribution in [3.8, 4) is 0 Å². The Labute approximate surface area is 181 Å². The van der Waals surface area contributed by atoms with Gasteiger partial charge in [-0.3, -0.25) is 4.90 Å². The first kappa shape index (κ1) is 19.7. The van der Waals surface area contributed by atoms with Gasteiger partial charge in [-0.2, -0.15) is 0 Å². The highest BCUT2D eigenvalue weighted by molar-refractivity contribution is 5.80. The molecule has 5 rings (SSSR count). The van der Waals surface area contributed by atoms with Gasteiger partial charge in [-0.05, 0) is 49.7 Å². The summed E-state index contributed by atoms with van der Waals surface area (Å²) in [5, 5.41) is 1.73. The molecule has 0 aliphatic carbocycles. The highest BCUT2D eigenvalue weighted by Gasteiger charge is 2.18. The lowest BCUT2D eigenvalue weighted by Gasteiger charge is -2.35. The average molecular weight is 415 g/mol. The van der Waals surface area contributed by atoms with Crippen molar-refractivity contribution < 1.29 is 4.42 Å². The second-order valence-electron chi connectivity index (χ2n) is 8.06. The topological polar surface area (TPSA) is 62.5 Å². The van der Waals surface area contributed by atoms with Gasteiger partial charge in [-0.15, -0.1) is 0 Å². The van der Waals surface area contributed by atoms with Crippen molar-refractivity contribution in [2.75, 3.05) is 37.6 Å². The zero-order chi connectivity index (χ0) is 21.0. The number of para-hydroxylation sites is 2. The van der Waals surface area contributed by atoms with Crippen molar-refractivity contribution in [2.24, 2.45) is 0 Å². The minimum Gasteiger partial charge on any atom is -0.408 e. The lowest BCUT2D eigenvalue weighted by molar-refractivity contribution is 0.251. The van der Waals surface area contributed by atoms with Crippen molar-refractivity contribution >= 4 is 27.6 Å². The summed E-state index contributed by atoms with van der Waals surface area (Å²) in [6.45, 7) is 5.12. The quantitative estimate of drug-likeness (QED) is 0.446. The fraction of sp³-hybridized carbons (Fsp3) is 0.320. The third-order valence-corrected chi connectivity index (χ3v) is 5.97. The van der Waals surface area contributed by atoms with E-state index in [1.54, 1.807) is 6.07 Å². The summed E-state index contributed by atoms with van der Waals surface area (Å²) in [7, 11) is 0. The molecular formula is C25H26N4O2. The molecule has 1 saturated heterocycles. The Balaban J connectivity index is 1.10. The number of piperazine rings is 1. The van der Waals surface area contributed by atoms with Gasteiger partial charge in [0, 0.05) is 38.0 Å². The Morgan fingerprint density at radius 3 is 2.45 bits per heavy atom. The predicted octanol–water partition coefficient (Wildman–Crippen LogP) is 3.88. The van der Waals surface area contributed by atoms with E-state index >= 15 is 0 Å². The third kappa shape index (κ3) is 4.44. The van der Waals surface area contributed by atoms with Crippen molar-refractivity contribution in [1.82, 2.24) is 14.9 Å². The summed E-state index contributed by atoms with van der Waals surface area (Å²) in [4.78, 5) is 26.3. The Morgan fingerprint density at radius 1 is 0.806 bits per heavy atom. The number of anilines is 1. The first-order chi connectivity index (χ1) is 15.3. The number of rotatable bonds is 6. The second kappa shape index (κ2) is 8.86. The number of aryl methyl sites for hydroxylation is 1. The summed E-state index contributed by atoms with van der Waals surface area (Å²) in [5.41, 5.74) is 1.47. The third-order valence-electron chi connectivity index (χ3n) is 5.97. The number of unbranched alkanes of at least 4 members (excludes halogenated alkanes) is 1.